The lowest BCUT2D eigenvalue weighted by Crippen LogP contribution is -2.58. The second-order valence-electron chi connectivity index (χ2n) is 5.67. The van der Waals surface area contributed by atoms with Crippen LogP contribution in [0, 0.1) is 5.92 Å². The van der Waals surface area contributed by atoms with E-state index in [1.54, 1.807) is 0 Å². The lowest BCUT2D eigenvalue weighted by atomic mass is 9.81. The van der Waals surface area contributed by atoms with E-state index in [2.05, 4.69) is 10.6 Å². The van der Waals surface area contributed by atoms with Crippen molar-refractivity contribution in [3.8, 4) is 0 Å². The number of carbonyl (C=O) groups is 2. The molecule has 1 atom stereocenters. The zero-order valence-electron chi connectivity index (χ0n) is 11.7. The van der Waals surface area contributed by atoms with Gasteiger partial charge < -0.3 is 15.4 Å². The van der Waals surface area contributed by atoms with Crippen LogP contribution >= 0.6 is 0 Å². The van der Waals surface area contributed by atoms with Gasteiger partial charge >= 0.3 is 5.97 Å². The highest BCUT2D eigenvalue weighted by atomic mass is 16.5. The summed E-state index contributed by atoms with van der Waals surface area (Å²) in [7, 11) is 1.40. The van der Waals surface area contributed by atoms with Crippen LogP contribution in [0.25, 0.3) is 0 Å². The molecule has 0 bridgehead atoms. The summed E-state index contributed by atoms with van der Waals surface area (Å²) >= 11 is 0. The number of hydrogen-bond acceptors (Lipinski definition) is 4. The van der Waals surface area contributed by atoms with Gasteiger partial charge in [0.2, 0.25) is 5.91 Å². The average Bonchev–Trinajstić information content (AvgIpc) is 2.48. The molecule has 0 aromatic carbocycles. The summed E-state index contributed by atoms with van der Waals surface area (Å²) in [6.07, 6.45) is 6.38. The molecule has 0 spiro atoms. The van der Waals surface area contributed by atoms with E-state index in [0.29, 0.717) is 19.4 Å². The monoisotopic (exact) mass is 268 g/mol. The molecule has 5 nitrogen and oxygen atoms in total. The molecule has 1 aliphatic heterocycles. The molecule has 1 saturated heterocycles. The summed E-state index contributed by atoms with van der Waals surface area (Å²) in [6, 6.07) is 0. The molecule has 1 aliphatic carbocycles. The van der Waals surface area contributed by atoms with E-state index < -0.39 is 5.54 Å². The second-order valence-corrected chi connectivity index (χ2v) is 5.67. The molecule has 1 heterocycles. The number of amides is 1. The van der Waals surface area contributed by atoms with E-state index in [-0.39, 0.29) is 17.8 Å². The molecule has 0 aromatic heterocycles. The molecule has 1 saturated carbocycles. The minimum Gasteiger partial charge on any atom is -0.467 e. The first-order valence-electron chi connectivity index (χ1n) is 7.29. The number of esters is 1. The Kier molecular flexibility index (Phi) is 4.80. The highest BCUT2D eigenvalue weighted by molar-refractivity contribution is 5.89. The van der Waals surface area contributed by atoms with Crippen LogP contribution in [0.3, 0.4) is 0 Å². The number of carbonyl (C=O) groups excluding carboxylic acids is 2. The molecule has 2 aliphatic rings. The van der Waals surface area contributed by atoms with Crippen molar-refractivity contribution >= 4 is 11.9 Å². The van der Waals surface area contributed by atoms with E-state index in [9.17, 15) is 9.59 Å². The summed E-state index contributed by atoms with van der Waals surface area (Å²) in [6.45, 7) is 1.69. The number of piperidine rings is 1. The van der Waals surface area contributed by atoms with Gasteiger partial charge in [-0.2, -0.15) is 0 Å². The number of methoxy groups -OCH3 is 1. The van der Waals surface area contributed by atoms with E-state index in [4.69, 9.17) is 4.74 Å². The van der Waals surface area contributed by atoms with Gasteiger partial charge in [-0.05, 0) is 32.2 Å². The molecule has 2 rings (SSSR count). The normalized spacial score (nSPS) is 26.5. The fourth-order valence-corrected chi connectivity index (χ4v) is 3.14. The molecule has 2 N–H and O–H groups in total. The Hall–Kier alpha value is -1.10. The van der Waals surface area contributed by atoms with E-state index in [1.165, 1.54) is 7.11 Å². The van der Waals surface area contributed by atoms with Crippen LogP contribution in [-0.4, -0.2) is 37.6 Å². The zero-order valence-corrected chi connectivity index (χ0v) is 11.7. The summed E-state index contributed by atoms with van der Waals surface area (Å²) in [5.74, 6) is -0.305. The maximum Gasteiger partial charge on any atom is 0.331 e. The van der Waals surface area contributed by atoms with Crippen molar-refractivity contribution in [2.75, 3.05) is 20.2 Å². The highest BCUT2D eigenvalue weighted by Gasteiger charge is 2.43. The molecule has 1 unspecified atom stereocenters. The fraction of sp³-hybridized carbons (Fsp3) is 0.857. The van der Waals surface area contributed by atoms with Crippen LogP contribution < -0.4 is 10.6 Å². The first kappa shape index (κ1) is 14.3. The zero-order chi connectivity index (χ0) is 13.7. The highest BCUT2D eigenvalue weighted by Crippen LogP contribution is 2.30. The predicted octanol–water partition coefficient (Wildman–Crippen LogP) is 0.978. The first-order chi connectivity index (χ1) is 9.18. The Morgan fingerprint density at radius 1 is 1.21 bits per heavy atom. The Balaban J connectivity index is 2.02. The van der Waals surface area contributed by atoms with Crippen molar-refractivity contribution in [3.05, 3.63) is 0 Å². The molecular formula is C14H24N2O3. The molecule has 2 fully saturated rings. The molecular weight excluding hydrogens is 244 g/mol. The van der Waals surface area contributed by atoms with Gasteiger partial charge in [-0.1, -0.05) is 19.3 Å². The third kappa shape index (κ3) is 3.26. The smallest absolute Gasteiger partial charge is 0.331 e. The van der Waals surface area contributed by atoms with E-state index in [0.717, 1.165) is 38.6 Å². The van der Waals surface area contributed by atoms with E-state index in [1.807, 2.05) is 0 Å². The van der Waals surface area contributed by atoms with Gasteiger partial charge in [-0.3, -0.25) is 4.79 Å². The maximum absolute atomic E-state index is 12.3. The van der Waals surface area contributed by atoms with Crippen LogP contribution in [0.5, 0.6) is 0 Å². The van der Waals surface area contributed by atoms with Crippen molar-refractivity contribution in [2.45, 2.75) is 50.5 Å². The van der Waals surface area contributed by atoms with Gasteiger partial charge in [-0.25, -0.2) is 4.79 Å². The number of nitrogens with one attached hydrogen (secondary N) is 2. The van der Waals surface area contributed by atoms with Crippen molar-refractivity contribution in [1.82, 2.24) is 10.6 Å². The molecule has 108 valence electrons. The predicted molar refractivity (Wildman–Crippen MR) is 71.6 cm³/mol. The third-order valence-electron chi connectivity index (χ3n) is 4.31. The molecule has 5 heteroatoms. The van der Waals surface area contributed by atoms with Crippen molar-refractivity contribution in [2.24, 2.45) is 5.92 Å². The van der Waals surface area contributed by atoms with Crippen molar-refractivity contribution in [1.29, 1.82) is 0 Å². The van der Waals surface area contributed by atoms with Crippen molar-refractivity contribution in [3.63, 3.8) is 0 Å². The lowest BCUT2D eigenvalue weighted by Gasteiger charge is -2.36. The third-order valence-corrected chi connectivity index (χ3v) is 4.31. The minimum atomic E-state index is -0.776. The van der Waals surface area contributed by atoms with Crippen LogP contribution in [0.1, 0.15) is 44.9 Å². The van der Waals surface area contributed by atoms with Gasteiger partial charge in [0.25, 0.3) is 0 Å². The standard InChI is InChI=1S/C14H24N2O3/c1-19-13(18)14(7-3-2-4-8-14)16-12(17)11-6-5-9-15-10-11/h11,15H,2-10H2,1H3,(H,16,17). The Morgan fingerprint density at radius 3 is 2.53 bits per heavy atom. The number of hydrogen-bond donors (Lipinski definition) is 2. The molecule has 1 amide bonds. The lowest BCUT2D eigenvalue weighted by molar-refractivity contribution is -0.153. The second kappa shape index (κ2) is 6.37. The molecule has 0 radical (unpaired) electrons. The van der Waals surface area contributed by atoms with Crippen LogP contribution in [0.2, 0.25) is 0 Å². The Bertz CT molecular complexity index is 332. The SMILES string of the molecule is COC(=O)C1(NC(=O)C2CCCNC2)CCCCC1. The summed E-state index contributed by atoms with van der Waals surface area (Å²) in [5.41, 5.74) is -0.776. The number of rotatable bonds is 3. The van der Waals surface area contributed by atoms with Crippen molar-refractivity contribution < 1.29 is 14.3 Å². The largest absolute Gasteiger partial charge is 0.467 e. The first-order valence-corrected chi connectivity index (χ1v) is 7.29. The maximum atomic E-state index is 12.3. The van der Waals surface area contributed by atoms with Gasteiger partial charge in [0.15, 0.2) is 0 Å². The quantitative estimate of drug-likeness (QED) is 0.749. The summed E-state index contributed by atoms with van der Waals surface area (Å²) in [4.78, 5) is 24.4. The molecule has 19 heavy (non-hydrogen) atoms. The van der Waals surface area contributed by atoms with E-state index >= 15 is 0 Å². The number of ether oxygens (including phenoxy) is 1. The summed E-state index contributed by atoms with van der Waals surface area (Å²) in [5, 5.41) is 6.23. The van der Waals surface area contributed by atoms with Gasteiger partial charge in [-0.15, -0.1) is 0 Å². The molecule has 0 aromatic rings. The van der Waals surface area contributed by atoms with Crippen LogP contribution in [-0.2, 0) is 14.3 Å². The minimum absolute atomic E-state index is 0.000463. The van der Waals surface area contributed by atoms with Crippen LogP contribution in [0.15, 0.2) is 0 Å². The Morgan fingerprint density at radius 2 is 1.95 bits per heavy atom. The topological polar surface area (TPSA) is 67.4 Å². The van der Waals surface area contributed by atoms with Gasteiger partial charge in [0.05, 0.1) is 13.0 Å². The van der Waals surface area contributed by atoms with Crippen LogP contribution in [0.4, 0.5) is 0 Å². The fourth-order valence-electron chi connectivity index (χ4n) is 3.14. The van der Waals surface area contributed by atoms with Gasteiger partial charge in [0.1, 0.15) is 5.54 Å². The average molecular weight is 268 g/mol. The Labute approximate surface area is 114 Å². The van der Waals surface area contributed by atoms with Gasteiger partial charge in [0, 0.05) is 6.54 Å². The summed E-state index contributed by atoms with van der Waals surface area (Å²) < 4.78 is 4.91.